The number of carbonyl (C=O) groups excluding carboxylic acids is 2. The van der Waals surface area contributed by atoms with Crippen molar-refractivity contribution in [3.63, 3.8) is 0 Å². The fourth-order valence-electron chi connectivity index (χ4n) is 1.80. The van der Waals surface area contributed by atoms with Crippen LogP contribution in [0, 0.1) is 5.92 Å². The van der Waals surface area contributed by atoms with Gasteiger partial charge in [0.15, 0.2) is 0 Å². The van der Waals surface area contributed by atoms with Crippen molar-refractivity contribution in [1.82, 2.24) is 14.9 Å². The number of anilines is 1. The summed E-state index contributed by atoms with van der Waals surface area (Å²) in [6, 6.07) is 6.84. The van der Waals surface area contributed by atoms with Gasteiger partial charge in [-0.25, -0.2) is 4.68 Å². The Morgan fingerprint density at radius 2 is 1.86 bits per heavy atom. The Bertz CT molecular complexity index is 622. The molecule has 0 aliphatic rings. The Kier molecular flexibility index (Phi) is 4.65. The molecule has 21 heavy (non-hydrogen) atoms. The van der Waals surface area contributed by atoms with E-state index in [4.69, 9.17) is 0 Å². The largest absolute Gasteiger partial charge is 0.325 e. The zero-order valence-corrected chi connectivity index (χ0v) is 11.9. The van der Waals surface area contributed by atoms with Crippen molar-refractivity contribution in [2.24, 2.45) is 5.92 Å². The van der Waals surface area contributed by atoms with E-state index < -0.39 is 0 Å². The van der Waals surface area contributed by atoms with Crippen molar-refractivity contribution in [3.8, 4) is 0 Å². The molecule has 2 amide bonds. The van der Waals surface area contributed by atoms with Crippen LogP contribution in [0.15, 0.2) is 36.9 Å². The summed E-state index contributed by atoms with van der Waals surface area (Å²) in [4.78, 5) is 24.0. The number of nitrogens with one attached hydrogen (secondary N) is 2. The van der Waals surface area contributed by atoms with Gasteiger partial charge < -0.3 is 5.32 Å². The highest BCUT2D eigenvalue weighted by molar-refractivity contribution is 6.07. The SMILES string of the molecule is CC(C)CC(=O)Nc1ccccc1C(=O)Nn1cnnc1. The quantitative estimate of drug-likeness (QED) is 0.875. The lowest BCUT2D eigenvalue weighted by Crippen LogP contribution is -2.24. The van der Waals surface area contributed by atoms with Gasteiger partial charge in [-0.2, -0.15) is 0 Å². The average molecular weight is 287 g/mol. The molecule has 0 spiro atoms. The van der Waals surface area contributed by atoms with Gasteiger partial charge in [0.05, 0.1) is 11.3 Å². The van der Waals surface area contributed by atoms with Gasteiger partial charge in [0, 0.05) is 6.42 Å². The number of nitrogens with zero attached hydrogens (tertiary/aromatic N) is 3. The van der Waals surface area contributed by atoms with Crippen molar-refractivity contribution < 1.29 is 9.59 Å². The standard InChI is InChI=1S/C14H17N5O2/c1-10(2)7-13(20)17-12-6-4-3-5-11(12)14(21)18-19-8-15-16-9-19/h3-6,8-10H,7H2,1-2H3,(H,17,20)(H,18,21). The number of para-hydroxylation sites is 1. The Labute approximate surface area is 122 Å². The molecule has 0 saturated heterocycles. The van der Waals surface area contributed by atoms with E-state index in [9.17, 15) is 9.59 Å². The normalized spacial score (nSPS) is 10.4. The highest BCUT2D eigenvalue weighted by Crippen LogP contribution is 2.16. The van der Waals surface area contributed by atoms with Gasteiger partial charge in [0.1, 0.15) is 12.7 Å². The molecule has 0 unspecified atom stereocenters. The third-order valence-electron chi connectivity index (χ3n) is 2.69. The van der Waals surface area contributed by atoms with Crippen LogP contribution in [0.2, 0.25) is 0 Å². The number of hydrogen-bond acceptors (Lipinski definition) is 4. The molecular formula is C14H17N5O2. The van der Waals surface area contributed by atoms with E-state index in [1.165, 1.54) is 17.3 Å². The first kappa shape index (κ1) is 14.7. The first-order valence-electron chi connectivity index (χ1n) is 6.61. The maximum atomic E-state index is 12.2. The second kappa shape index (κ2) is 6.65. The Morgan fingerprint density at radius 1 is 1.19 bits per heavy atom. The summed E-state index contributed by atoms with van der Waals surface area (Å²) >= 11 is 0. The molecule has 2 N–H and O–H groups in total. The molecule has 7 heteroatoms. The molecule has 0 bridgehead atoms. The van der Waals surface area contributed by atoms with Crippen molar-refractivity contribution in [3.05, 3.63) is 42.5 Å². The summed E-state index contributed by atoms with van der Waals surface area (Å²) in [6.07, 6.45) is 3.15. The number of benzene rings is 1. The highest BCUT2D eigenvalue weighted by atomic mass is 16.2. The van der Waals surface area contributed by atoms with Gasteiger partial charge in [-0.15, -0.1) is 10.2 Å². The van der Waals surface area contributed by atoms with Crippen LogP contribution in [-0.2, 0) is 4.79 Å². The third-order valence-corrected chi connectivity index (χ3v) is 2.69. The van der Waals surface area contributed by atoms with E-state index in [0.29, 0.717) is 17.7 Å². The molecule has 0 aliphatic carbocycles. The van der Waals surface area contributed by atoms with E-state index in [1.54, 1.807) is 24.3 Å². The lowest BCUT2D eigenvalue weighted by atomic mass is 10.1. The number of amides is 2. The maximum Gasteiger partial charge on any atom is 0.272 e. The van der Waals surface area contributed by atoms with E-state index >= 15 is 0 Å². The molecule has 110 valence electrons. The fraction of sp³-hybridized carbons (Fsp3) is 0.286. The zero-order chi connectivity index (χ0) is 15.2. The number of carbonyl (C=O) groups is 2. The van der Waals surface area contributed by atoms with Crippen LogP contribution in [0.3, 0.4) is 0 Å². The molecule has 1 heterocycles. The van der Waals surface area contributed by atoms with Crippen LogP contribution >= 0.6 is 0 Å². The van der Waals surface area contributed by atoms with Crippen LogP contribution in [0.4, 0.5) is 5.69 Å². The average Bonchev–Trinajstić information content (AvgIpc) is 2.91. The molecule has 0 fully saturated rings. The van der Waals surface area contributed by atoms with Crippen LogP contribution in [0.1, 0.15) is 30.6 Å². The minimum Gasteiger partial charge on any atom is -0.325 e. The monoisotopic (exact) mass is 287 g/mol. The van der Waals surface area contributed by atoms with E-state index in [-0.39, 0.29) is 17.7 Å². The van der Waals surface area contributed by atoms with Crippen molar-refractivity contribution in [2.45, 2.75) is 20.3 Å². The maximum absolute atomic E-state index is 12.2. The first-order chi connectivity index (χ1) is 10.1. The minimum absolute atomic E-state index is 0.116. The summed E-state index contributed by atoms with van der Waals surface area (Å²) in [5, 5.41) is 9.96. The molecule has 7 nitrogen and oxygen atoms in total. The highest BCUT2D eigenvalue weighted by Gasteiger charge is 2.14. The Hall–Kier alpha value is -2.70. The van der Waals surface area contributed by atoms with Crippen molar-refractivity contribution in [1.29, 1.82) is 0 Å². The smallest absolute Gasteiger partial charge is 0.272 e. The molecule has 0 atom stereocenters. The summed E-state index contributed by atoms with van der Waals surface area (Å²) in [5.41, 5.74) is 3.45. The molecular weight excluding hydrogens is 270 g/mol. The number of rotatable bonds is 5. The lowest BCUT2D eigenvalue weighted by molar-refractivity contribution is -0.116. The second-order valence-electron chi connectivity index (χ2n) is 5.00. The summed E-state index contributed by atoms with van der Waals surface area (Å²) in [5.74, 6) is -0.215. The molecule has 2 aromatic rings. The van der Waals surface area contributed by atoms with E-state index in [0.717, 1.165) is 0 Å². The minimum atomic E-state index is -0.352. The van der Waals surface area contributed by atoms with E-state index in [1.807, 2.05) is 13.8 Å². The first-order valence-corrected chi connectivity index (χ1v) is 6.61. The van der Waals surface area contributed by atoms with Crippen molar-refractivity contribution >= 4 is 17.5 Å². The number of hydrogen-bond donors (Lipinski definition) is 2. The van der Waals surface area contributed by atoms with Gasteiger partial charge in [-0.05, 0) is 18.1 Å². The van der Waals surface area contributed by atoms with E-state index in [2.05, 4.69) is 20.9 Å². The topological polar surface area (TPSA) is 88.9 Å². The molecule has 1 aromatic carbocycles. The third kappa shape index (κ3) is 4.13. The predicted octanol–water partition coefficient (Wildman–Crippen LogP) is 1.65. The summed E-state index contributed by atoms with van der Waals surface area (Å²) in [6.45, 7) is 3.93. The molecule has 1 aromatic heterocycles. The Morgan fingerprint density at radius 3 is 2.52 bits per heavy atom. The number of aromatic nitrogens is 3. The fourth-order valence-corrected chi connectivity index (χ4v) is 1.80. The second-order valence-corrected chi connectivity index (χ2v) is 5.00. The van der Waals surface area contributed by atoms with Crippen LogP contribution < -0.4 is 10.7 Å². The molecule has 0 aliphatic heterocycles. The van der Waals surface area contributed by atoms with Crippen LogP contribution in [0.25, 0.3) is 0 Å². The van der Waals surface area contributed by atoms with Crippen molar-refractivity contribution in [2.75, 3.05) is 10.7 Å². The molecule has 2 rings (SSSR count). The van der Waals surface area contributed by atoms with Gasteiger partial charge in [0.25, 0.3) is 5.91 Å². The summed E-state index contributed by atoms with van der Waals surface area (Å²) in [7, 11) is 0. The van der Waals surface area contributed by atoms with Crippen LogP contribution in [-0.4, -0.2) is 26.7 Å². The zero-order valence-electron chi connectivity index (χ0n) is 11.9. The Balaban J connectivity index is 2.12. The van der Waals surface area contributed by atoms with Gasteiger partial charge in [0.2, 0.25) is 5.91 Å². The van der Waals surface area contributed by atoms with Gasteiger partial charge in [-0.3, -0.25) is 15.0 Å². The van der Waals surface area contributed by atoms with Gasteiger partial charge in [-0.1, -0.05) is 26.0 Å². The predicted molar refractivity (Wildman–Crippen MR) is 78.2 cm³/mol. The lowest BCUT2D eigenvalue weighted by Gasteiger charge is -2.12. The summed E-state index contributed by atoms with van der Waals surface area (Å²) < 4.78 is 1.34. The van der Waals surface area contributed by atoms with Gasteiger partial charge >= 0.3 is 0 Å². The molecule has 0 radical (unpaired) electrons. The molecule has 0 saturated carbocycles. The van der Waals surface area contributed by atoms with Crippen LogP contribution in [0.5, 0.6) is 0 Å².